The molecule has 3 rings (SSSR count). The molecule has 25 heavy (non-hydrogen) atoms. The highest BCUT2D eigenvalue weighted by Crippen LogP contribution is 2.39. The normalized spacial score (nSPS) is 12.8. The van der Waals surface area contributed by atoms with Crippen molar-refractivity contribution >= 4 is 11.8 Å². The molecular weight excluding hydrogens is 312 g/mol. The molecule has 1 heterocycles. The molecule has 0 unspecified atom stereocenters. The highest BCUT2D eigenvalue weighted by molar-refractivity contribution is 6.03. The molecule has 4 nitrogen and oxygen atoms in total. The molecule has 0 N–H and O–H groups in total. The molecule has 0 fully saturated rings. The summed E-state index contributed by atoms with van der Waals surface area (Å²) in [6.07, 6.45) is 3.04. The summed E-state index contributed by atoms with van der Waals surface area (Å²) >= 11 is 0. The van der Waals surface area contributed by atoms with Crippen LogP contribution in [0.3, 0.4) is 0 Å². The van der Waals surface area contributed by atoms with Crippen molar-refractivity contribution < 1.29 is 9.53 Å². The van der Waals surface area contributed by atoms with E-state index < -0.39 is 0 Å². The summed E-state index contributed by atoms with van der Waals surface area (Å²) in [4.78, 5) is 20.0. The molecule has 1 aliphatic carbocycles. The van der Waals surface area contributed by atoms with E-state index in [1.165, 1.54) is 5.56 Å². The Kier molecular flexibility index (Phi) is 5.37. The number of anilines is 1. The molecule has 0 spiro atoms. The van der Waals surface area contributed by atoms with E-state index in [-0.39, 0.29) is 5.97 Å². The van der Waals surface area contributed by atoms with Crippen molar-refractivity contribution in [2.75, 3.05) is 24.6 Å². The number of esters is 1. The van der Waals surface area contributed by atoms with E-state index >= 15 is 0 Å². The number of nitrogens with zero attached hydrogens (tertiary/aromatic N) is 2. The number of aromatic nitrogens is 1. The zero-order valence-electron chi connectivity index (χ0n) is 15.3. The summed E-state index contributed by atoms with van der Waals surface area (Å²) in [5.74, 6) is 0.494. The highest BCUT2D eigenvalue weighted by atomic mass is 16.5. The molecule has 4 heteroatoms. The van der Waals surface area contributed by atoms with Crippen molar-refractivity contribution in [3.05, 3.63) is 47.2 Å². The fourth-order valence-corrected chi connectivity index (χ4v) is 3.64. The zero-order valence-corrected chi connectivity index (χ0v) is 15.3. The van der Waals surface area contributed by atoms with Crippen LogP contribution in [-0.2, 0) is 17.6 Å². The fraction of sp³-hybridized carbons (Fsp3) is 0.429. The van der Waals surface area contributed by atoms with Gasteiger partial charge in [0, 0.05) is 24.3 Å². The van der Waals surface area contributed by atoms with E-state index in [2.05, 4.69) is 30.9 Å². The minimum Gasteiger partial charge on any atom is -0.462 e. The Morgan fingerprint density at radius 3 is 2.48 bits per heavy atom. The largest absolute Gasteiger partial charge is 0.462 e. The molecule has 0 atom stereocenters. The Bertz CT molecular complexity index is 752. The predicted molar refractivity (Wildman–Crippen MR) is 101 cm³/mol. The second-order valence-corrected chi connectivity index (χ2v) is 6.22. The minimum absolute atomic E-state index is 0.273. The van der Waals surface area contributed by atoms with E-state index in [9.17, 15) is 4.79 Å². The van der Waals surface area contributed by atoms with Gasteiger partial charge in [-0.25, -0.2) is 9.78 Å². The van der Waals surface area contributed by atoms with Crippen molar-refractivity contribution in [1.29, 1.82) is 0 Å². The van der Waals surface area contributed by atoms with Crippen LogP contribution >= 0.6 is 0 Å². The van der Waals surface area contributed by atoms with Gasteiger partial charge in [0.15, 0.2) is 0 Å². The van der Waals surface area contributed by atoms with E-state index in [0.29, 0.717) is 12.2 Å². The van der Waals surface area contributed by atoms with Crippen molar-refractivity contribution in [2.24, 2.45) is 0 Å². The number of hydrogen-bond acceptors (Lipinski definition) is 4. The summed E-state index contributed by atoms with van der Waals surface area (Å²) in [6, 6.07) is 10.2. The summed E-state index contributed by atoms with van der Waals surface area (Å²) in [5, 5.41) is 0. The second-order valence-electron chi connectivity index (χ2n) is 6.22. The Hall–Kier alpha value is -2.36. The number of carbonyl (C=O) groups excluding carboxylic acids is 1. The molecule has 0 bridgehead atoms. The minimum atomic E-state index is -0.273. The number of ether oxygens (including phenoxy) is 1. The average Bonchev–Trinajstić information content (AvgIpc) is 3.10. The molecule has 2 aromatic rings. The molecule has 132 valence electrons. The number of carbonyl (C=O) groups is 1. The molecule has 1 aliphatic rings. The van der Waals surface area contributed by atoms with E-state index in [1.54, 1.807) is 0 Å². The lowest BCUT2D eigenvalue weighted by Crippen LogP contribution is -2.27. The Balaban J connectivity index is 2.31. The van der Waals surface area contributed by atoms with Crippen LogP contribution in [0.25, 0.3) is 11.1 Å². The van der Waals surface area contributed by atoms with Crippen LogP contribution in [0.15, 0.2) is 30.3 Å². The van der Waals surface area contributed by atoms with Gasteiger partial charge in [0.2, 0.25) is 0 Å². The van der Waals surface area contributed by atoms with Gasteiger partial charge in [0.25, 0.3) is 0 Å². The van der Waals surface area contributed by atoms with Gasteiger partial charge in [-0.05, 0) is 51.2 Å². The molecule has 0 radical (unpaired) electrons. The van der Waals surface area contributed by atoms with E-state index in [4.69, 9.17) is 9.72 Å². The number of pyridine rings is 1. The predicted octanol–water partition coefficient (Wildman–Crippen LogP) is 4.26. The van der Waals surface area contributed by atoms with Gasteiger partial charge in [-0.1, -0.05) is 30.3 Å². The first-order valence-corrected chi connectivity index (χ1v) is 9.24. The molecule has 0 saturated heterocycles. The number of benzene rings is 1. The number of rotatable bonds is 6. The van der Waals surface area contributed by atoms with Crippen molar-refractivity contribution in [3.63, 3.8) is 0 Å². The van der Waals surface area contributed by atoms with Gasteiger partial charge < -0.3 is 9.64 Å². The zero-order chi connectivity index (χ0) is 17.8. The lowest BCUT2D eigenvalue weighted by molar-refractivity contribution is 0.0527. The number of fused-ring (bicyclic) bond motifs is 1. The van der Waals surface area contributed by atoms with Gasteiger partial charge in [0.1, 0.15) is 11.4 Å². The van der Waals surface area contributed by atoms with Crippen LogP contribution < -0.4 is 4.90 Å². The fourth-order valence-electron chi connectivity index (χ4n) is 3.64. The average molecular weight is 338 g/mol. The first-order chi connectivity index (χ1) is 12.2. The molecule has 1 aromatic carbocycles. The number of aryl methyl sites for hydroxylation is 1. The SMILES string of the molecule is CCOC(=O)c1c(N(CC)CC)nc2c(c1-c1ccccc1)CCC2. The third-order valence-electron chi connectivity index (χ3n) is 4.81. The Labute approximate surface area is 149 Å². The van der Waals surface area contributed by atoms with Crippen molar-refractivity contribution in [1.82, 2.24) is 4.98 Å². The van der Waals surface area contributed by atoms with Crippen molar-refractivity contribution in [2.45, 2.75) is 40.0 Å². The summed E-state index contributed by atoms with van der Waals surface area (Å²) < 4.78 is 5.42. The first kappa shape index (κ1) is 17.5. The molecule has 0 aliphatic heterocycles. The molecule has 0 saturated carbocycles. The van der Waals surface area contributed by atoms with Crippen LogP contribution in [0, 0.1) is 0 Å². The van der Waals surface area contributed by atoms with Gasteiger partial charge in [-0.15, -0.1) is 0 Å². The van der Waals surface area contributed by atoms with Crippen LogP contribution in [0.1, 0.15) is 48.8 Å². The lowest BCUT2D eigenvalue weighted by atomic mass is 9.93. The number of hydrogen-bond donors (Lipinski definition) is 0. The summed E-state index contributed by atoms with van der Waals surface area (Å²) in [6.45, 7) is 8.01. The third kappa shape index (κ3) is 3.26. The third-order valence-corrected chi connectivity index (χ3v) is 4.81. The van der Waals surface area contributed by atoms with Crippen molar-refractivity contribution in [3.8, 4) is 11.1 Å². The first-order valence-electron chi connectivity index (χ1n) is 9.24. The molecular formula is C21H26N2O2. The van der Waals surface area contributed by atoms with E-state index in [1.807, 2.05) is 25.1 Å². The lowest BCUT2D eigenvalue weighted by Gasteiger charge is -2.25. The maximum absolute atomic E-state index is 12.9. The van der Waals surface area contributed by atoms with Gasteiger partial charge >= 0.3 is 5.97 Å². The maximum Gasteiger partial charge on any atom is 0.342 e. The molecule has 0 amide bonds. The van der Waals surface area contributed by atoms with Gasteiger partial charge in [-0.2, -0.15) is 0 Å². The van der Waals surface area contributed by atoms with E-state index in [0.717, 1.165) is 55.0 Å². The second kappa shape index (κ2) is 7.68. The summed E-state index contributed by atoms with van der Waals surface area (Å²) in [7, 11) is 0. The van der Waals surface area contributed by atoms with Crippen LogP contribution in [0.5, 0.6) is 0 Å². The standard InChI is InChI=1S/C21H26N2O2/c1-4-23(5-2)20-19(21(24)25-6-3)18(15-11-8-7-9-12-15)16-13-10-14-17(16)22-20/h7-9,11-12H,4-6,10,13-14H2,1-3H3. The Morgan fingerprint density at radius 2 is 1.84 bits per heavy atom. The topological polar surface area (TPSA) is 42.4 Å². The smallest absolute Gasteiger partial charge is 0.342 e. The van der Waals surface area contributed by atoms with Crippen LogP contribution in [0.2, 0.25) is 0 Å². The Morgan fingerprint density at radius 1 is 1.12 bits per heavy atom. The van der Waals surface area contributed by atoms with Crippen LogP contribution in [0.4, 0.5) is 5.82 Å². The molecule has 1 aromatic heterocycles. The summed E-state index contributed by atoms with van der Waals surface area (Å²) in [5.41, 5.74) is 5.05. The maximum atomic E-state index is 12.9. The quantitative estimate of drug-likeness (QED) is 0.738. The van der Waals surface area contributed by atoms with Crippen LogP contribution in [-0.4, -0.2) is 30.6 Å². The van der Waals surface area contributed by atoms with Gasteiger partial charge in [0.05, 0.1) is 6.61 Å². The van der Waals surface area contributed by atoms with Gasteiger partial charge in [-0.3, -0.25) is 0 Å². The highest BCUT2D eigenvalue weighted by Gasteiger charge is 2.29. The monoisotopic (exact) mass is 338 g/mol.